The van der Waals surface area contributed by atoms with Crippen LogP contribution in [0.4, 0.5) is 0 Å². The fourth-order valence-corrected chi connectivity index (χ4v) is 5.60. The molecule has 1 aromatic rings. The Kier molecular flexibility index (Phi) is 8.33. The number of Topliss-reactive ketones (excluding diaryl/α,β-unsaturated/α-hetero) is 1. The van der Waals surface area contributed by atoms with Gasteiger partial charge in [0.2, 0.25) is 0 Å². The number of rotatable bonds is 7. The van der Waals surface area contributed by atoms with E-state index in [9.17, 15) is 13.2 Å². The van der Waals surface area contributed by atoms with E-state index in [2.05, 4.69) is 6.92 Å². The van der Waals surface area contributed by atoms with E-state index in [1.807, 2.05) is 0 Å². The quantitative estimate of drug-likeness (QED) is 0.384. The van der Waals surface area contributed by atoms with Crippen LogP contribution in [-0.4, -0.2) is 31.1 Å². The van der Waals surface area contributed by atoms with Gasteiger partial charge in [-0.1, -0.05) is 43.0 Å². The second kappa shape index (κ2) is 9.54. The minimum Gasteiger partial charge on any atom is -1.00 e. The molecule has 0 spiro atoms. The Bertz CT molecular complexity index is 859. The summed E-state index contributed by atoms with van der Waals surface area (Å²) in [5.41, 5.74) is 0.962. The Balaban J connectivity index is 0.00000210. The number of carbonyl (C=O) groups is 1. The van der Waals surface area contributed by atoms with E-state index in [4.69, 9.17) is 32.5 Å². The molecule has 28 heavy (non-hydrogen) atoms. The van der Waals surface area contributed by atoms with Crippen LogP contribution in [0.15, 0.2) is 6.07 Å². The topological polar surface area (TPSA) is 80.7 Å². The molecule has 1 atom stereocenters. The van der Waals surface area contributed by atoms with Gasteiger partial charge in [0.15, 0.2) is 5.78 Å². The third-order valence-corrected chi connectivity index (χ3v) is 7.67. The molecule has 0 aliphatic heterocycles. The second-order valence-corrected chi connectivity index (χ2v) is 9.85. The largest absolute Gasteiger partial charge is 1.00 e. The van der Waals surface area contributed by atoms with E-state index in [1.54, 1.807) is 6.07 Å². The molecule has 1 N–H and O–H groups in total. The van der Waals surface area contributed by atoms with Gasteiger partial charge >= 0.3 is 29.6 Å². The van der Waals surface area contributed by atoms with Crippen molar-refractivity contribution < 1.29 is 53.5 Å². The van der Waals surface area contributed by atoms with Gasteiger partial charge in [0.05, 0.1) is 17.4 Å². The molecule has 2 aliphatic rings. The van der Waals surface area contributed by atoms with Gasteiger partial charge in [-0.25, -0.2) is 0 Å². The van der Waals surface area contributed by atoms with Crippen molar-refractivity contribution in [3.63, 3.8) is 0 Å². The zero-order chi connectivity index (χ0) is 19.8. The van der Waals surface area contributed by atoms with E-state index in [-0.39, 0.29) is 65.6 Å². The summed E-state index contributed by atoms with van der Waals surface area (Å²) in [5, 5.41) is 0.395. The van der Waals surface area contributed by atoms with E-state index < -0.39 is 15.5 Å². The zero-order valence-corrected chi connectivity index (χ0v) is 20.6. The van der Waals surface area contributed by atoms with Crippen molar-refractivity contribution in [3.8, 4) is 5.75 Å². The fourth-order valence-electron chi connectivity index (χ4n) is 4.62. The number of benzene rings is 1. The summed E-state index contributed by atoms with van der Waals surface area (Å²) in [4.78, 5) is 13.3. The Morgan fingerprint density at radius 3 is 2.50 bits per heavy atom. The van der Waals surface area contributed by atoms with Crippen molar-refractivity contribution >= 4 is 39.1 Å². The summed E-state index contributed by atoms with van der Waals surface area (Å²) >= 11 is 12.8. The number of carbonyl (C=O) groups excluding carboxylic acids is 1. The maximum Gasteiger partial charge on any atom is 1.00 e. The van der Waals surface area contributed by atoms with E-state index >= 15 is 0 Å². The van der Waals surface area contributed by atoms with E-state index in [0.717, 1.165) is 37.7 Å². The van der Waals surface area contributed by atoms with Crippen LogP contribution in [0, 0.1) is 11.3 Å². The second-order valence-electron chi connectivity index (χ2n) is 7.52. The molecular formula is C19H25Cl2NaO5S. The molecule has 152 valence electrons. The van der Waals surface area contributed by atoms with Crippen LogP contribution in [0.5, 0.6) is 5.75 Å². The number of ketones is 1. The summed E-state index contributed by atoms with van der Waals surface area (Å²) < 4.78 is 36.0. The maximum absolute atomic E-state index is 13.3. The van der Waals surface area contributed by atoms with Gasteiger partial charge in [0, 0.05) is 11.0 Å². The minimum atomic E-state index is -4.03. The van der Waals surface area contributed by atoms with Gasteiger partial charge < -0.3 is 6.16 Å². The predicted molar refractivity (Wildman–Crippen MR) is 107 cm³/mol. The first kappa shape index (κ1) is 24.4. The average molecular weight is 459 g/mol. The molecular weight excluding hydrogens is 434 g/mol. The Morgan fingerprint density at radius 1 is 1.29 bits per heavy atom. The van der Waals surface area contributed by atoms with Crippen LogP contribution >= 0.6 is 23.2 Å². The first-order valence-corrected chi connectivity index (χ1v) is 11.7. The number of halogens is 2. The van der Waals surface area contributed by atoms with Crippen LogP contribution in [0.2, 0.25) is 10.0 Å². The number of fused-ring (bicyclic) bond motifs is 1. The van der Waals surface area contributed by atoms with Gasteiger partial charge in [0.1, 0.15) is 10.8 Å². The Labute approximate surface area is 200 Å². The van der Waals surface area contributed by atoms with Crippen molar-refractivity contribution in [3.05, 3.63) is 27.2 Å². The molecule has 1 saturated carbocycles. The van der Waals surface area contributed by atoms with Gasteiger partial charge in [0.25, 0.3) is 10.1 Å². The molecule has 1 fully saturated rings. The average Bonchev–Trinajstić information content (AvgIpc) is 3.22. The third kappa shape index (κ3) is 4.74. The van der Waals surface area contributed by atoms with Gasteiger partial charge in [-0.15, -0.1) is 0 Å². The molecule has 9 heteroatoms. The van der Waals surface area contributed by atoms with Crippen molar-refractivity contribution in [2.75, 3.05) is 12.4 Å². The first-order chi connectivity index (χ1) is 12.7. The summed E-state index contributed by atoms with van der Waals surface area (Å²) in [6.07, 6.45) is 5.99. The zero-order valence-electron chi connectivity index (χ0n) is 17.3. The number of hydrogen-bond donors (Lipinski definition) is 1. The normalized spacial score (nSPS) is 22.2. The fraction of sp³-hybridized carbons (Fsp3) is 0.632. The van der Waals surface area contributed by atoms with E-state index in [0.29, 0.717) is 23.7 Å². The summed E-state index contributed by atoms with van der Waals surface area (Å²) in [6.45, 7) is 2.13. The van der Waals surface area contributed by atoms with Crippen molar-refractivity contribution in [2.24, 2.45) is 11.3 Å². The van der Waals surface area contributed by atoms with Crippen molar-refractivity contribution in [2.45, 2.75) is 51.9 Å². The molecule has 1 unspecified atom stereocenters. The molecule has 0 aromatic heterocycles. The first-order valence-electron chi connectivity index (χ1n) is 9.33. The minimum absolute atomic E-state index is 0. The summed E-state index contributed by atoms with van der Waals surface area (Å²) in [6, 6.07) is 1.77. The molecule has 3 rings (SSSR count). The molecule has 0 saturated heterocycles. The Hall–Kier alpha value is 0.180. The molecule has 5 nitrogen and oxygen atoms in total. The molecule has 0 heterocycles. The van der Waals surface area contributed by atoms with Crippen molar-refractivity contribution in [1.82, 2.24) is 0 Å². The predicted octanol–water partition coefficient (Wildman–Crippen LogP) is 2.09. The number of ether oxygens (including phenoxy) is 1. The number of hydrogen-bond acceptors (Lipinski definition) is 4. The molecule has 1 aromatic carbocycles. The summed E-state index contributed by atoms with van der Waals surface area (Å²) in [5.74, 6) is 0.428. The smallest absolute Gasteiger partial charge is 1.00 e. The van der Waals surface area contributed by atoms with Crippen LogP contribution in [0.1, 0.15) is 62.8 Å². The molecule has 0 bridgehead atoms. The molecule has 0 amide bonds. The SMILES string of the molecule is CCC1(C2CCCC2)Cc2cc(OCCCS(=O)(=O)O)c(Cl)c(Cl)c2C1=O.[H-].[Na+]. The van der Waals surface area contributed by atoms with Crippen LogP contribution in [-0.2, 0) is 16.5 Å². The van der Waals surface area contributed by atoms with Gasteiger partial charge in [-0.3, -0.25) is 9.35 Å². The van der Waals surface area contributed by atoms with Gasteiger partial charge in [-0.2, -0.15) is 8.42 Å². The van der Waals surface area contributed by atoms with Gasteiger partial charge in [-0.05, 0) is 49.7 Å². The monoisotopic (exact) mass is 458 g/mol. The summed E-state index contributed by atoms with van der Waals surface area (Å²) in [7, 11) is -4.03. The Morgan fingerprint density at radius 2 is 1.93 bits per heavy atom. The van der Waals surface area contributed by atoms with Crippen LogP contribution in [0.25, 0.3) is 0 Å². The van der Waals surface area contributed by atoms with E-state index in [1.165, 1.54) is 0 Å². The standard InChI is InChI=1S/C19H24Cl2O5S.Na.H/c1-2-19(13-6-3-4-7-13)11-12-10-14(26-8-5-9-27(23,24)25)16(20)17(21)15(12)18(19)22;;/h10,13H,2-9,11H2,1H3,(H,23,24,25);;/q;+1;-1. The van der Waals surface area contributed by atoms with Crippen LogP contribution in [0.3, 0.4) is 0 Å². The van der Waals surface area contributed by atoms with Crippen LogP contribution < -0.4 is 34.3 Å². The third-order valence-electron chi connectivity index (χ3n) is 6.01. The molecule has 2 aliphatic carbocycles. The molecule has 0 radical (unpaired) electrons. The van der Waals surface area contributed by atoms with Crippen molar-refractivity contribution in [1.29, 1.82) is 0 Å². The maximum atomic E-state index is 13.3.